The second-order valence-electron chi connectivity index (χ2n) is 3.45. The number of aryl methyl sites for hydroxylation is 1. The third-order valence-corrected chi connectivity index (χ3v) is 3.25. The Morgan fingerprint density at radius 3 is 2.56 bits per heavy atom. The fourth-order valence-corrected chi connectivity index (χ4v) is 1.63. The highest BCUT2D eigenvalue weighted by Crippen LogP contribution is 2.21. The number of aromatic nitrogens is 1. The molecule has 0 aliphatic rings. The summed E-state index contributed by atoms with van der Waals surface area (Å²) >= 11 is 9.23. The van der Waals surface area contributed by atoms with Crippen LogP contribution < -0.4 is 5.32 Å². The molecule has 1 N–H and O–H groups in total. The summed E-state index contributed by atoms with van der Waals surface area (Å²) in [5.74, 6) is 0.822. The van der Waals surface area contributed by atoms with E-state index in [4.69, 9.17) is 11.6 Å². The second-order valence-corrected chi connectivity index (χ2v) is 4.74. The number of pyridine rings is 1. The minimum Gasteiger partial charge on any atom is -0.340 e. The topological polar surface area (TPSA) is 24.9 Å². The third kappa shape index (κ3) is 2.74. The lowest BCUT2D eigenvalue weighted by Gasteiger charge is -2.06. The summed E-state index contributed by atoms with van der Waals surface area (Å²) in [6, 6.07) is 9.51. The summed E-state index contributed by atoms with van der Waals surface area (Å²) in [6.45, 7) is 2.03. The van der Waals surface area contributed by atoms with E-state index in [0.29, 0.717) is 0 Å². The van der Waals surface area contributed by atoms with Gasteiger partial charge in [0.25, 0.3) is 0 Å². The Labute approximate surface area is 108 Å². The molecule has 1 aromatic heterocycles. The summed E-state index contributed by atoms with van der Waals surface area (Å²) in [5, 5.41) is 3.94. The van der Waals surface area contributed by atoms with E-state index in [9.17, 15) is 0 Å². The normalized spacial score (nSPS) is 10.2. The standard InChI is InChI=1S/C12H10BrClN2/c1-8-6-12(15-7-11(8)13)16-10-4-2-9(14)3-5-10/h2-7H,1H3,(H,15,16). The lowest BCUT2D eigenvalue weighted by atomic mass is 10.3. The molecule has 4 heteroatoms. The van der Waals surface area contributed by atoms with E-state index in [2.05, 4.69) is 26.2 Å². The van der Waals surface area contributed by atoms with Crippen LogP contribution in [0.3, 0.4) is 0 Å². The molecule has 0 aliphatic carbocycles. The molecule has 1 aromatic carbocycles. The van der Waals surface area contributed by atoms with Gasteiger partial charge in [0.05, 0.1) is 0 Å². The predicted octanol–water partition coefficient (Wildman–Crippen LogP) is 4.55. The van der Waals surface area contributed by atoms with E-state index in [1.54, 1.807) is 6.20 Å². The van der Waals surface area contributed by atoms with Gasteiger partial charge >= 0.3 is 0 Å². The van der Waals surface area contributed by atoms with Crippen molar-refractivity contribution in [1.82, 2.24) is 4.98 Å². The van der Waals surface area contributed by atoms with E-state index in [1.165, 1.54) is 0 Å². The quantitative estimate of drug-likeness (QED) is 0.879. The number of rotatable bonds is 2. The van der Waals surface area contributed by atoms with Gasteiger partial charge in [0.2, 0.25) is 0 Å². The van der Waals surface area contributed by atoms with Crippen LogP contribution in [0.1, 0.15) is 5.56 Å². The Balaban J connectivity index is 2.20. The summed E-state index contributed by atoms with van der Waals surface area (Å²) in [6.07, 6.45) is 1.79. The van der Waals surface area contributed by atoms with Gasteiger partial charge in [-0.05, 0) is 58.7 Å². The molecule has 0 radical (unpaired) electrons. The summed E-state index contributed by atoms with van der Waals surface area (Å²) in [4.78, 5) is 4.27. The molecule has 0 saturated carbocycles. The van der Waals surface area contributed by atoms with Crippen LogP contribution in [0.15, 0.2) is 41.0 Å². The SMILES string of the molecule is Cc1cc(Nc2ccc(Cl)cc2)ncc1Br. The van der Waals surface area contributed by atoms with Gasteiger partial charge in [-0.15, -0.1) is 0 Å². The number of hydrogen-bond acceptors (Lipinski definition) is 2. The van der Waals surface area contributed by atoms with Gasteiger partial charge in [0.1, 0.15) is 5.82 Å². The molecular weight excluding hydrogens is 288 g/mol. The van der Waals surface area contributed by atoms with Crippen LogP contribution in [-0.4, -0.2) is 4.98 Å². The van der Waals surface area contributed by atoms with E-state index in [0.717, 1.165) is 26.6 Å². The first-order valence-electron chi connectivity index (χ1n) is 4.80. The van der Waals surface area contributed by atoms with E-state index >= 15 is 0 Å². The molecule has 0 amide bonds. The molecule has 16 heavy (non-hydrogen) atoms. The van der Waals surface area contributed by atoms with Crippen molar-refractivity contribution in [2.45, 2.75) is 6.92 Å². The number of nitrogens with zero attached hydrogens (tertiary/aromatic N) is 1. The third-order valence-electron chi connectivity index (χ3n) is 2.16. The maximum absolute atomic E-state index is 5.81. The van der Waals surface area contributed by atoms with Gasteiger partial charge in [0, 0.05) is 21.4 Å². The van der Waals surface area contributed by atoms with Gasteiger partial charge in [-0.3, -0.25) is 0 Å². The molecule has 0 saturated heterocycles. The molecule has 1 heterocycles. The van der Waals surface area contributed by atoms with E-state index < -0.39 is 0 Å². The Bertz CT molecular complexity index is 497. The van der Waals surface area contributed by atoms with Gasteiger partial charge in [-0.2, -0.15) is 0 Å². The van der Waals surface area contributed by atoms with Crippen molar-refractivity contribution in [1.29, 1.82) is 0 Å². The smallest absolute Gasteiger partial charge is 0.130 e. The van der Waals surface area contributed by atoms with Gasteiger partial charge in [-0.25, -0.2) is 4.98 Å². The first-order chi connectivity index (χ1) is 7.65. The number of anilines is 2. The molecule has 0 bridgehead atoms. The zero-order valence-electron chi connectivity index (χ0n) is 8.67. The van der Waals surface area contributed by atoms with Gasteiger partial charge < -0.3 is 5.32 Å². The van der Waals surface area contributed by atoms with Crippen molar-refractivity contribution in [2.75, 3.05) is 5.32 Å². The first kappa shape index (κ1) is 11.4. The summed E-state index contributed by atoms with van der Waals surface area (Å²) < 4.78 is 1.01. The van der Waals surface area contributed by atoms with Gasteiger partial charge in [0.15, 0.2) is 0 Å². The largest absolute Gasteiger partial charge is 0.340 e. The first-order valence-corrected chi connectivity index (χ1v) is 5.97. The molecule has 0 unspecified atom stereocenters. The van der Waals surface area contributed by atoms with Crippen molar-refractivity contribution >= 4 is 39.0 Å². The van der Waals surface area contributed by atoms with Crippen molar-refractivity contribution in [2.24, 2.45) is 0 Å². The average molecular weight is 298 g/mol. The fourth-order valence-electron chi connectivity index (χ4n) is 1.29. The average Bonchev–Trinajstić information content (AvgIpc) is 2.27. The van der Waals surface area contributed by atoms with Crippen molar-refractivity contribution in [3.8, 4) is 0 Å². The van der Waals surface area contributed by atoms with Crippen LogP contribution in [0.4, 0.5) is 11.5 Å². The Morgan fingerprint density at radius 1 is 1.25 bits per heavy atom. The highest BCUT2D eigenvalue weighted by Gasteiger charge is 1.99. The minimum absolute atomic E-state index is 0.727. The minimum atomic E-state index is 0.727. The van der Waals surface area contributed by atoms with E-state index in [1.807, 2.05) is 37.3 Å². The van der Waals surface area contributed by atoms with E-state index in [-0.39, 0.29) is 0 Å². The lowest BCUT2D eigenvalue weighted by Crippen LogP contribution is -1.93. The zero-order chi connectivity index (χ0) is 11.5. The predicted molar refractivity (Wildman–Crippen MR) is 71.4 cm³/mol. The van der Waals surface area contributed by atoms with Crippen LogP contribution >= 0.6 is 27.5 Å². The zero-order valence-corrected chi connectivity index (χ0v) is 11.0. The highest BCUT2D eigenvalue weighted by molar-refractivity contribution is 9.10. The van der Waals surface area contributed by atoms with Crippen LogP contribution in [0.25, 0.3) is 0 Å². The van der Waals surface area contributed by atoms with Crippen LogP contribution in [0.5, 0.6) is 0 Å². The highest BCUT2D eigenvalue weighted by atomic mass is 79.9. The molecule has 0 aliphatic heterocycles. The number of hydrogen-bond donors (Lipinski definition) is 1. The number of nitrogens with one attached hydrogen (secondary N) is 1. The fraction of sp³-hybridized carbons (Fsp3) is 0.0833. The molecule has 0 spiro atoms. The second kappa shape index (κ2) is 4.85. The van der Waals surface area contributed by atoms with Crippen molar-refractivity contribution < 1.29 is 0 Å². The maximum atomic E-state index is 5.81. The number of halogens is 2. The monoisotopic (exact) mass is 296 g/mol. The lowest BCUT2D eigenvalue weighted by molar-refractivity contribution is 1.25. The molecule has 2 aromatic rings. The van der Waals surface area contributed by atoms with Crippen LogP contribution in [0.2, 0.25) is 5.02 Å². The molecule has 2 rings (SSSR count). The van der Waals surface area contributed by atoms with Crippen LogP contribution in [-0.2, 0) is 0 Å². The Morgan fingerprint density at radius 2 is 1.94 bits per heavy atom. The molecular formula is C12H10BrClN2. The Hall–Kier alpha value is -1.06. The van der Waals surface area contributed by atoms with Crippen LogP contribution in [0, 0.1) is 6.92 Å². The summed E-state index contributed by atoms with van der Waals surface area (Å²) in [7, 11) is 0. The summed E-state index contributed by atoms with van der Waals surface area (Å²) in [5.41, 5.74) is 2.12. The molecule has 82 valence electrons. The van der Waals surface area contributed by atoms with Crippen molar-refractivity contribution in [3.05, 3.63) is 51.6 Å². The van der Waals surface area contributed by atoms with Crippen molar-refractivity contribution in [3.63, 3.8) is 0 Å². The number of benzene rings is 1. The molecule has 0 fully saturated rings. The maximum Gasteiger partial charge on any atom is 0.130 e. The molecule has 0 atom stereocenters. The molecule has 2 nitrogen and oxygen atoms in total. The van der Waals surface area contributed by atoms with Gasteiger partial charge in [-0.1, -0.05) is 11.6 Å². The Kier molecular flexibility index (Phi) is 3.46.